The second-order valence-electron chi connectivity index (χ2n) is 3.88. The highest BCUT2D eigenvalue weighted by Crippen LogP contribution is 2.23. The molecule has 4 nitrogen and oxygen atoms in total. The van der Waals surface area contributed by atoms with E-state index in [1.54, 1.807) is 12.1 Å². The van der Waals surface area contributed by atoms with Crippen molar-refractivity contribution in [1.29, 1.82) is 0 Å². The molecule has 0 saturated carbocycles. The van der Waals surface area contributed by atoms with Crippen LogP contribution in [0, 0.1) is 6.92 Å². The summed E-state index contributed by atoms with van der Waals surface area (Å²) in [6.07, 6.45) is 0.859. The van der Waals surface area contributed by atoms with Gasteiger partial charge in [0.15, 0.2) is 5.13 Å². The van der Waals surface area contributed by atoms with Crippen LogP contribution in [0.1, 0.15) is 27.9 Å². The standard InChI is InChI=1S/C13H14N2O2S/c1-3-11-8(2)18-13(14-11)15-12(17)9-4-6-10(16)7-5-9/h4-7,16H,3H2,1-2H3,(H,14,15,17). The summed E-state index contributed by atoms with van der Waals surface area (Å²) in [7, 11) is 0. The first-order valence-corrected chi connectivity index (χ1v) is 6.48. The number of thiazole rings is 1. The number of anilines is 1. The molecule has 0 saturated heterocycles. The van der Waals surface area contributed by atoms with Crippen molar-refractivity contribution in [3.05, 3.63) is 40.4 Å². The molecule has 0 aliphatic heterocycles. The van der Waals surface area contributed by atoms with E-state index in [1.807, 2.05) is 13.8 Å². The van der Waals surface area contributed by atoms with Crippen molar-refractivity contribution in [3.63, 3.8) is 0 Å². The summed E-state index contributed by atoms with van der Waals surface area (Å²) in [5.41, 5.74) is 1.51. The van der Waals surface area contributed by atoms with Gasteiger partial charge in [0.05, 0.1) is 5.69 Å². The Hall–Kier alpha value is -1.88. The van der Waals surface area contributed by atoms with Gasteiger partial charge in [0.25, 0.3) is 5.91 Å². The molecule has 1 aromatic carbocycles. The molecule has 18 heavy (non-hydrogen) atoms. The molecule has 94 valence electrons. The van der Waals surface area contributed by atoms with E-state index in [0.717, 1.165) is 17.0 Å². The lowest BCUT2D eigenvalue weighted by Gasteiger charge is -2.01. The molecule has 0 unspecified atom stereocenters. The second-order valence-corrected chi connectivity index (χ2v) is 5.08. The quantitative estimate of drug-likeness (QED) is 0.894. The average molecular weight is 262 g/mol. The van der Waals surface area contributed by atoms with Crippen molar-refractivity contribution in [2.24, 2.45) is 0 Å². The number of aryl methyl sites for hydroxylation is 2. The van der Waals surface area contributed by atoms with Gasteiger partial charge in [-0.05, 0) is 37.6 Å². The maximum Gasteiger partial charge on any atom is 0.257 e. The van der Waals surface area contributed by atoms with Gasteiger partial charge in [0.1, 0.15) is 5.75 Å². The van der Waals surface area contributed by atoms with E-state index < -0.39 is 0 Å². The Morgan fingerprint density at radius 1 is 1.39 bits per heavy atom. The molecule has 0 fully saturated rings. The fraction of sp³-hybridized carbons (Fsp3) is 0.231. The Bertz CT molecular complexity index is 561. The largest absolute Gasteiger partial charge is 0.508 e. The number of hydrogen-bond acceptors (Lipinski definition) is 4. The summed E-state index contributed by atoms with van der Waals surface area (Å²) in [6.45, 7) is 4.03. The zero-order valence-electron chi connectivity index (χ0n) is 10.2. The number of nitrogens with zero attached hydrogens (tertiary/aromatic N) is 1. The van der Waals surface area contributed by atoms with Crippen LogP contribution < -0.4 is 5.32 Å². The van der Waals surface area contributed by atoms with E-state index in [-0.39, 0.29) is 11.7 Å². The third-order valence-corrected chi connectivity index (χ3v) is 3.51. The molecule has 0 spiro atoms. The number of carbonyl (C=O) groups is 1. The molecular formula is C13H14N2O2S. The van der Waals surface area contributed by atoms with Gasteiger partial charge in [-0.3, -0.25) is 10.1 Å². The first-order chi connectivity index (χ1) is 8.60. The normalized spacial score (nSPS) is 10.3. The number of aromatic nitrogens is 1. The van der Waals surface area contributed by atoms with Crippen LogP contribution in [-0.2, 0) is 6.42 Å². The highest BCUT2D eigenvalue weighted by molar-refractivity contribution is 7.15. The topological polar surface area (TPSA) is 62.2 Å². The van der Waals surface area contributed by atoms with Crippen LogP contribution in [0.15, 0.2) is 24.3 Å². The van der Waals surface area contributed by atoms with Crippen LogP contribution in [0.25, 0.3) is 0 Å². The van der Waals surface area contributed by atoms with E-state index in [1.165, 1.54) is 23.5 Å². The Morgan fingerprint density at radius 3 is 2.61 bits per heavy atom. The molecule has 2 N–H and O–H groups in total. The summed E-state index contributed by atoms with van der Waals surface area (Å²) in [5, 5.41) is 12.5. The molecule has 2 aromatic rings. The highest BCUT2D eigenvalue weighted by Gasteiger charge is 2.10. The van der Waals surface area contributed by atoms with Crippen LogP contribution in [0.4, 0.5) is 5.13 Å². The second kappa shape index (κ2) is 5.18. The van der Waals surface area contributed by atoms with Crippen LogP contribution in [0.5, 0.6) is 5.75 Å². The maximum absolute atomic E-state index is 11.9. The summed E-state index contributed by atoms with van der Waals surface area (Å²) >= 11 is 1.47. The molecule has 1 amide bonds. The van der Waals surface area contributed by atoms with Crippen LogP contribution in [0.2, 0.25) is 0 Å². The molecular weight excluding hydrogens is 248 g/mol. The first kappa shape index (κ1) is 12.6. The van der Waals surface area contributed by atoms with Crippen molar-refractivity contribution in [1.82, 2.24) is 4.98 Å². The predicted octanol–water partition coefficient (Wildman–Crippen LogP) is 2.97. The fourth-order valence-corrected chi connectivity index (χ4v) is 2.49. The molecule has 0 radical (unpaired) electrons. The molecule has 0 atom stereocenters. The Morgan fingerprint density at radius 2 is 2.06 bits per heavy atom. The lowest BCUT2D eigenvalue weighted by Crippen LogP contribution is -2.11. The van der Waals surface area contributed by atoms with Gasteiger partial charge in [0.2, 0.25) is 0 Å². The molecule has 2 rings (SSSR count). The summed E-state index contributed by atoms with van der Waals surface area (Å²) in [6, 6.07) is 6.12. The molecule has 5 heteroatoms. The van der Waals surface area contributed by atoms with E-state index in [9.17, 15) is 4.79 Å². The van der Waals surface area contributed by atoms with Crippen molar-refractivity contribution < 1.29 is 9.90 Å². The summed E-state index contributed by atoms with van der Waals surface area (Å²) < 4.78 is 0. The smallest absolute Gasteiger partial charge is 0.257 e. The number of benzene rings is 1. The molecule has 1 aromatic heterocycles. The number of aromatic hydroxyl groups is 1. The lowest BCUT2D eigenvalue weighted by atomic mass is 10.2. The van der Waals surface area contributed by atoms with E-state index >= 15 is 0 Å². The van der Waals surface area contributed by atoms with Crippen LogP contribution in [-0.4, -0.2) is 16.0 Å². The van der Waals surface area contributed by atoms with Crippen molar-refractivity contribution in [3.8, 4) is 5.75 Å². The van der Waals surface area contributed by atoms with E-state index in [2.05, 4.69) is 10.3 Å². The number of phenolic OH excluding ortho intramolecular Hbond substituents is 1. The van der Waals surface area contributed by atoms with Gasteiger partial charge in [-0.2, -0.15) is 0 Å². The number of nitrogens with one attached hydrogen (secondary N) is 1. The highest BCUT2D eigenvalue weighted by atomic mass is 32.1. The van der Waals surface area contributed by atoms with E-state index in [0.29, 0.717) is 10.7 Å². The average Bonchev–Trinajstić information content (AvgIpc) is 2.70. The van der Waals surface area contributed by atoms with Crippen molar-refractivity contribution in [2.75, 3.05) is 5.32 Å². The van der Waals surface area contributed by atoms with Crippen LogP contribution in [0.3, 0.4) is 0 Å². The summed E-state index contributed by atoms with van der Waals surface area (Å²) in [4.78, 5) is 17.4. The van der Waals surface area contributed by atoms with Crippen LogP contribution >= 0.6 is 11.3 Å². The van der Waals surface area contributed by atoms with Gasteiger partial charge < -0.3 is 5.11 Å². The van der Waals surface area contributed by atoms with E-state index in [4.69, 9.17) is 5.11 Å². The number of amides is 1. The zero-order chi connectivity index (χ0) is 13.1. The third kappa shape index (κ3) is 2.68. The van der Waals surface area contributed by atoms with Gasteiger partial charge in [-0.1, -0.05) is 6.92 Å². The molecule has 0 bridgehead atoms. The Labute approximate surface area is 109 Å². The van der Waals surface area contributed by atoms with Gasteiger partial charge in [0, 0.05) is 10.4 Å². The van der Waals surface area contributed by atoms with Crippen molar-refractivity contribution in [2.45, 2.75) is 20.3 Å². The van der Waals surface area contributed by atoms with Gasteiger partial charge in [-0.25, -0.2) is 4.98 Å². The zero-order valence-corrected chi connectivity index (χ0v) is 11.0. The van der Waals surface area contributed by atoms with Gasteiger partial charge >= 0.3 is 0 Å². The minimum atomic E-state index is -0.216. The van der Waals surface area contributed by atoms with Crippen molar-refractivity contribution >= 4 is 22.4 Å². The molecule has 1 heterocycles. The molecule has 0 aliphatic rings. The minimum absolute atomic E-state index is 0.143. The maximum atomic E-state index is 11.9. The number of rotatable bonds is 3. The Kier molecular flexibility index (Phi) is 3.62. The SMILES string of the molecule is CCc1nc(NC(=O)c2ccc(O)cc2)sc1C. The fourth-order valence-electron chi connectivity index (χ4n) is 1.59. The number of carbonyl (C=O) groups excluding carboxylic acids is 1. The predicted molar refractivity (Wildman–Crippen MR) is 72.3 cm³/mol. The Balaban J connectivity index is 2.13. The number of phenols is 1. The lowest BCUT2D eigenvalue weighted by molar-refractivity contribution is 0.102. The summed E-state index contributed by atoms with van der Waals surface area (Å²) in [5.74, 6) is -0.0729. The molecule has 0 aliphatic carbocycles. The monoisotopic (exact) mass is 262 g/mol. The third-order valence-electron chi connectivity index (χ3n) is 2.58. The first-order valence-electron chi connectivity index (χ1n) is 5.67. The minimum Gasteiger partial charge on any atom is -0.508 e. The number of hydrogen-bond donors (Lipinski definition) is 2. The van der Waals surface area contributed by atoms with Gasteiger partial charge in [-0.15, -0.1) is 11.3 Å².